The first-order chi connectivity index (χ1) is 9.90. The van der Waals surface area contributed by atoms with Gasteiger partial charge in [0, 0.05) is 37.8 Å². The van der Waals surface area contributed by atoms with Crippen molar-refractivity contribution >= 4 is 16.5 Å². The maximum Gasteiger partial charge on any atom is 0.185 e. The summed E-state index contributed by atoms with van der Waals surface area (Å²) in [4.78, 5) is 9.42. The second-order valence-corrected chi connectivity index (χ2v) is 6.28. The first kappa shape index (κ1) is 15.7. The van der Waals surface area contributed by atoms with Crippen molar-refractivity contribution in [3.8, 4) is 0 Å². The van der Waals surface area contributed by atoms with Crippen molar-refractivity contribution in [3.63, 3.8) is 0 Å². The topological polar surface area (TPSA) is 31.4 Å². The average molecular weight is 296 g/mol. The van der Waals surface area contributed by atoms with Gasteiger partial charge in [-0.15, -0.1) is 11.3 Å². The van der Waals surface area contributed by atoms with Gasteiger partial charge in [-0.3, -0.25) is 4.90 Å². The molecule has 2 heterocycles. The first-order valence-corrected chi connectivity index (χ1v) is 8.85. The molecule has 2 rings (SSSR count). The molecule has 1 fully saturated rings. The molecule has 0 aromatic carbocycles. The predicted octanol–water partition coefficient (Wildman–Crippen LogP) is 2.44. The van der Waals surface area contributed by atoms with Gasteiger partial charge in [-0.05, 0) is 32.5 Å². The molecule has 0 saturated carbocycles. The Morgan fingerprint density at radius 3 is 2.65 bits per heavy atom. The number of unbranched alkanes of at least 4 members (excludes halogenated alkanes) is 3. The van der Waals surface area contributed by atoms with E-state index < -0.39 is 0 Å². The van der Waals surface area contributed by atoms with Gasteiger partial charge in [0.2, 0.25) is 0 Å². The number of hydrogen-bond acceptors (Lipinski definition) is 5. The minimum absolute atomic E-state index is 1.10. The van der Waals surface area contributed by atoms with Crippen LogP contribution in [0.3, 0.4) is 0 Å². The summed E-state index contributed by atoms with van der Waals surface area (Å²) in [7, 11) is 0. The van der Waals surface area contributed by atoms with Gasteiger partial charge in [0.1, 0.15) is 0 Å². The molecule has 4 nitrogen and oxygen atoms in total. The number of nitrogens with zero attached hydrogens (tertiary/aromatic N) is 3. The van der Waals surface area contributed by atoms with Crippen molar-refractivity contribution in [3.05, 3.63) is 11.6 Å². The summed E-state index contributed by atoms with van der Waals surface area (Å²) in [6.07, 6.45) is 7.32. The quantitative estimate of drug-likeness (QED) is 0.709. The molecule has 0 atom stereocenters. The predicted molar refractivity (Wildman–Crippen MR) is 87.8 cm³/mol. The lowest BCUT2D eigenvalue weighted by atomic mass is 10.2. The molecule has 5 heteroatoms. The number of thiazole rings is 1. The second kappa shape index (κ2) is 9.32. The molecule has 1 aromatic rings. The summed E-state index contributed by atoms with van der Waals surface area (Å²) in [6, 6.07) is 0. The summed E-state index contributed by atoms with van der Waals surface area (Å²) >= 11 is 1.75. The molecule has 1 aliphatic heterocycles. The highest BCUT2D eigenvalue weighted by Gasteiger charge is 2.17. The smallest absolute Gasteiger partial charge is 0.185 e. The third kappa shape index (κ3) is 5.38. The summed E-state index contributed by atoms with van der Waals surface area (Å²) in [5.41, 5.74) is 0. The fourth-order valence-electron chi connectivity index (χ4n) is 2.65. The molecule has 1 aliphatic rings. The number of aromatic nitrogens is 1. The Bertz CT molecular complexity index is 334. The highest BCUT2D eigenvalue weighted by Crippen LogP contribution is 2.18. The van der Waals surface area contributed by atoms with E-state index in [1.54, 1.807) is 11.3 Å². The molecular formula is C15H28N4S. The van der Waals surface area contributed by atoms with E-state index in [0.717, 1.165) is 19.6 Å². The van der Waals surface area contributed by atoms with Crippen molar-refractivity contribution < 1.29 is 0 Å². The standard InChI is InChI=1S/C15H28N4S/c1-2-16-7-5-3-4-6-9-18-10-12-19(13-11-18)15-17-8-14-20-15/h8,14,16H,2-7,9-13H2,1H3. The zero-order valence-electron chi connectivity index (χ0n) is 12.7. The van der Waals surface area contributed by atoms with E-state index in [1.807, 2.05) is 6.20 Å². The van der Waals surface area contributed by atoms with Crippen molar-refractivity contribution in [2.45, 2.75) is 32.6 Å². The van der Waals surface area contributed by atoms with Crippen LogP contribution in [0.25, 0.3) is 0 Å². The maximum absolute atomic E-state index is 4.40. The van der Waals surface area contributed by atoms with Crippen molar-refractivity contribution in [2.24, 2.45) is 0 Å². The van der Waals surface area contributed by atoms with E-state index in [2.05, 4.69) is 32.4 Å². The van der Waals surface area contributed by atoms with Crippen molar-refractivity contribution in [2.75, 3.05) is 50.7 Å². The Hall–Kier alpha value is -0.650. The Balaban J connectivity index is 1.50. The van der Waals surface area contributed by atoms with Crippen LogP contribution in [0.1, 0.15) is 32.6 Å². The summed E-state index contributed by atoms with van der Waals surface area (Å²) in [6.45, 7) is 10.4. The maximum atomic E-state index is 4.40. The Morgan fingerprint density at radius 1 is 1.15 bits per heavy atom. The molecule has 0 aliphatic carbocycles. The second-order valence-electron chi connectivity index (χ2n) is 5.41. The Morgan fingerprint density at radius 2 is 1.95 bits per heavy atom. The minimum atomic E-state index is 1.10. The highest BCUT2D eigenvalue weighted by atomic mass is 32.1. The van der Waals surface area contributed by atoms with Gasteiger partial charge in [0.25, 0.3) is 0 Å². The van der Waals surface area contributed by atoms with Crippen LogP contribution in [0.4, 0.5) is 5.13 Å². The van der Waals surface area contributed by atoms with Crippen LogP contribution in [0.5, 0.6) is 0 Å². The number of hydrogen-bond donors (Lipinski definition) is 1. The van der Waals surface area contributed by atoms with Crippen LogP contribution >= 0.6 is 11.3 Å². The molecule has 0 bridgehead atoms. The van der Waals surface area contributed by atoms with Gasteiger partial charge >= 0.3 is 0 Å². The van der Waals surface area contributed by atoms with Crippen LogP contribution in [-0.4, -0.2) is 55.7 Å². The average Bonchev–Trinajstić information content (AvgIpc) is 3.01. The van der Waals surface area contributed by atoms with E-state index in [-0.39, 0.29) is 0 Å². The Labute approximate surface area is 127 Å². The SMILES string of the molecule is CCNCCCCCCN1CCN(c2nccs2)CC1. The minimum Gasteiger partial charge on any atom is -0.346 e. The fourth-order valence-corrected chi connectivity index (χ4v) is 3.35. The molecule has 114 valence electrons. The summed E-state index contributed by atoms with van der Waals surface area (Å²) in [5, 5.41) is 6.64. The lowest BCUT2D eigenvalue weighted by molar-refractivity contribution is 0.252. The molecule has 0 amide bonds. The third-order valence-corrected chi connectivity index (χ3v) is 4.72. The lowest BCUT2D eigenvalue weighted by Gasteiger charge is -2.34. The van der Waals surface area contributed by atoms with Gasteiger partial charge in [0.15, 0.2) is 5.13 Å². The largest absolute Gasteiger partial charge is 0.346 e. The molecule has 1 N–H and O–H groups in total. The van der Waals surface area contributed by atoms with E-state index in [9.17, 15) is 0 Å². The number of nitrogens with one attached hydrogen (secondary N) is 1. The van der Waals surface area contributed by atoms with Gasteiger partial charge in [-0.25, -0.2) is 4.98 Å². The molecule has 1 saturated heterocycles. The van der Waals surface area contributed by atoms with Crippen LogP contribution in [0, 0.1) is 0 Å². The van der Waals surface area contributed by atoms with E-state index in [0.29, 0.717) is 0 Å². The third-order valence-electron chi connectivity index (χ3n) is 3.89. The summed E-state index contributed by atoms with van der Waals surface area (Å²) < 4.78 is 0. The van der Waals surface area contributed by atoms with Crippen LogP contribution in [0.2, 0.25) is 0 Å². The molecule has 0 spiro atoms. The Kier molecular flexibility index (Phi) is 7.33. The monoisotopic (exact) mass is 296 g/mol. The highest BCUT2D eigenvalue weighted by molar-refractivity contribution is 7.13. The van der Waals surface area contributed by atoms with E-state index in [4.69, 9.17) is 0 Å². The van der Waals surface area contributed by atoms with Crippen molar-refractivity contribution in [1.82, 2.24) is 15.2 Å². The van der Waals surface area contributed by atoms with Crippen molar-refractivity contribution in [1.29, 1.82) is 0 Å². The van der Waals surface area contributed by atoms with Crippen LogP contribution < -0.4 is 10.2 Å². The molecule has 1 aromatic heterocycles. The van der Waals surface area contributed by atoms with Gasteiger partial charge in [-0.1, -0.05) is 19.8 Å². The number of rotatable bonds is 9. The lowest BCUT2D eigenvalue weighted by Crippen LogP contribution is -2.46. The fraction of sp³-hybridized carbons (Fsp3) is 0.800. The van der Waals surface area contributed by atoms with E-state index in [1.165, 1.54) is 57.0 Å². The zero-order chi connectivity index (χ0) is 14.0. The van der Waals surface area contributed by atoms with Crippen LogP contribution in [0.15, 0.2) is 11.6 Å². The first-order valence-electron chi connectivity index (χ1n) is 7.97. The van der Waals surface area contributed by atoms with Crippen LogP contribution in [-0.2, 0) is 0 Å². The number of anilines is 1. The van der Waals surface area contributed by atoms with Gasteiger partial charge in [-0.2, -0.15) is 0 Å². The number of piperazine rings is 1. The molecule has 0 unspecified atom stereocenters. The normalized spacial score (nSPS) is 16.8. The van der Waals surface area contributed by atoms with E-state index >= 15 is 0 Å². The van der Waals surface area contributed by atoms with Gasteiger partial charge < -0.3 is 10.2 Å². The molecular weight excluding hydrogens is 268 g/mol. The van der Waals surface area contributed by atoms with Gasteiger partial charge in [0.05, 0.1) is 0 Å². The summed E-state index contributed by atoms with van der Waals surface area (Å²) in [5.74, 6) is 0. The molecule has 0 radical (unpaired) electrons. The zero-order valence-corrected chi connectivity index (χ0v) is 13.5. The molecule has 20 heavy (non-hydrogen) atoms.